The van der Waals surface area contributed by atoms with E-state index in [0.29, 0.717) is 0 Å². The van der Waals surface area contributed by atoms with Crippen LogP contribution in [-0.4, -0.2) is 34.9 Å². The van der Waals surface area contributed by atoms with Crippen molar-refractivity contribution in [2.24, 2.45) is 0 Å². The standard InChI is InChI=1S/C19H24N2O2/c1-21(2)16-8-6-5-7-14(16)19-15-12-18(23-4)17(22-3)11-13(15)9-10-20-19/h5-8,11-12,19-20H,9-10H2,1-4H3. The number of methoxy groups -OCH3 is 2. The Balaban J connectivity index is 2.12. The maximum atomic E-state index is 5.50. The number of nitrogens with zero attached hydrogens (tertiary/aromatic N) is 1. The summed E-state index contributed by atoms with van der Waals surface area (Å²) in [6.07, 6.45) is 0.996. The molecule has 122 valence electrons. The van der Waals surface area contributed by atoms with Gasteiger partial charge in [0.1, 0.15) is 0 Å². The van der Waals surface area contributed by atoms with Crippen LogP contribution in [0.15, 0.2) is 36.4 Å². The van der Waals surface area contributed by atoms with Crippen LogP contribution in [0, 0.1) is 0 Å². The number of benzene rings is 2. The van der Waals surface area contributed by atoms with Gasteiger partial charge in [-0.25, -0.2) is 0 Å². The Kier molecular flexibility index (Phi) is 4.44. The third-order valence-electron chi connectivity index (χ3n) is 4.43. The smallest absolute Gasteiger partial charge is 0.161 e. The van der Waals surface area contributed by atoms with E-state index in [2.05, 4.69) is 60.7 Å². The molecular formula is C19H24N2O2. The van der Waals surface area contributed by atoms with Gasteiger partial charge in [0.25, 0.3) is 0 Å². The van der Waals surface area contributed by atoms with Gasteiger partial charge in [-0.15, -0.1) is 0 Å². The van der Waals surface area contributed by atoms with Crippen molar-refractivity contribution < 1.29 is 9.47 Å². The molecular weight excluding hydrogens is 288 g/mol. The molecule has 1 unspecified atom stereocenters. The minimum absolute atomic E-state index is 0.164. The highest BCUT2D eigenvalue weighted by Gasteiger charge is 2.25. The minimum Gasteiger partial charge on any atom is -0.493 e. The van der Waals surface area contributed by atoms with Crippen LogP contribution in [0.5, 0.6) is 11.5 Å². The lowest BCUT2D eigenvalue weighted by Gasteiger charge is -2.31. The summed E-state index contributed by atoms with van der Waals surface area (Å²) in [5, 5.41) is 3.65. The molecule has 0 bridgehead atoms. The van der Waals surface area contributed by atoms with Crippen LogP contribution in [0.25, 0.3) is 0 Å². The summed E-state index contributed by atoms with van der Waals surface area (Å²) in [5.41, 5.74) is 5.10. The topological polar surface area (TPSA) is 33.7 Å². The van der Waals surface area contributed by atoms with Crippen molar-refractivity contribution in [2.75, 3.05) is 39.8 Å². The van der Waals surface area contributed by atoms with Gasteiger partial charge in [0.05, 0.1) is 20.3 Å². The number of anilines is 1. The van der Waals surface area contributed by atoms with E-state index in [4.69, 9.17) is 9.47 Å². The largest absolute Gasteiger partial charge is 0.493 e. The molecule has 0 fully saturated rings. The first-order valence-electron chi connectivity index (χ1n) is 7.90. The van der Waals surface area contributed by atoms with E-state index in [0.717, 1.165) is 24.5 Å². The van der Waals surface area contributed by atoms with Crippen molar-refractivity contribution in [3.8, 4) is 11.5 Å². The highest BCUT2D eigenvalue weighted by Crippen LogP contribution is 2.39. The minimum atomic E-state index is 0.164. The van der Waals surface area contributed by atoms with Crippen molar-refractivity contribution in [2.45, 2.75) is 12.5 Å². The van der Waals surface area contributed by atoms with E-state index < -0.39 is 0 Å². The van der Waals surface area contributed by atoms with Crippen molar-refractivity contribution >= 4 is 5.69 Å². The zero-order valence-electron chi connectivity index (χ0n) is 14.2. The Labute approximate surface area is 138 Å². The molecule has 0 radical (unpaired) electrons. The average Bonchev–Trinajstić information content (AvgIpc) is 2.59. The predicted octanol–water partition coefficient (Wildman–Crippen LogP) is 3.00. The van der Waals surface area contributed by atoms with Gasteiger partial charge in [0.2, 0.25) is 0 Å². The zero-order valence-corrected chi connectivity index (χ0v) is 14.2. The van der Waals surface area contributed by atoms with Crippen LogP contribution in [0.1, 0.15) is 22.7 Å². The zero-order chi connectivity index (χ0) is 16.4. The van der Waals surface area contributed by atoms with E-state index in [1.807, 2.05) is 0 Å². The summed E-state index contributed by atoms with van der Waals surface area (Å²) in [5.74, 6) is 1.58. The summed E-state index contributed by atoms with van der Waals surface area (Å²) in [6.45, 7) is 0.953. The number of ether oxygens (including phenoxy) is 2. The monoisotopic (exact) mass is 312 g/mol. The molecule has 1 aliphatic rings. The normalized spacial score (nSPS) is 16.6. The molecule has 1 atom stereocenters. The highest BCUT2D eigenvalue weighted by molar-refractivity contribution is 5.59. The molecule has 2 aromatic carbocycles. The molecule has 23 heavy (non-hydrogen) atoms. The summed E-state index contributed by atoms with van der Waals surface area (Å²) >= 11 is 0. The molecule has 0 spiro atoms. The third kappa shape index (κ3) is 2.86. The number of hydrogen-bond donors (Lipinski definition) is 1. The van der Waals surface area contributed by atoms with Crippen LogP contribution >= 0.6 is 0 Å². The van der Waals surface area contributed by atoms with Gasteiger partial charge in [-0.2, -0.15) is 0 Å². The number of hydrogen-bond acceptors (Lipinski definition) is 4. The molecule has 2 aromatic rings. The first kappa shape index (κ1) is 15.7. The van der Waals surface area contributed by atoms with E-state index in [-0.39, 0.29) is 6.04 Å². The second kappa shape index (κ2) is 6.50. The molecule has 0 saturated carbocycles. The number of rotatable bonds is 4. The number of nitrogens with one attached hydrogen (secondary N) is 1. The summed E-state index contributed by atoms with van der Waals surface area (Å²) in [4.78, 5) is 2.16. The fraction of sp³-hybridized carbons (Fsp3) is 0.368. The van der Waals surface area contributed by atoms with E-state index >= 15 is 0 Å². The van der Waals surface area contributed by atoms with Crippen LogP contribution < -0.4 is 19.7 Å². The SMILES string of the molecule is COc1cc2c(cc1OC)C(c1ccccc1N(C)C)NCC2. The molecule has 0 aromatic heterocycles. The molecule has 3 rings (SSSR count). The van der Waals surface area contributed by atoms with Crippen LogP contribution in [0.2, 0.25) is 0 Å². The maximum Gasteiger partial charge on any atom is 0.161 e. The van der Waals surface area contributed by atoms with E-state index in [1.165, 1.54) is 22.4 Å². The Morgan fingerprint density at radius 3 is 2.39 bits per heavy atom. The fourth-order valence-corrected chi connectivity index (χ4v) is 3.30. The van der Waals surface area contributed by atoms with Gasteiger partial charge < -0.3 is 19.7 Å². The predicted molar refractivity (Wildman–Crippen MR) is 93.9 cm³/mol. The first-order chi connectivity index (χ1) is 11.2. The Bertz CT molecular complexity index is 698. The Morgan fingerprint density at radius 2 is 1.70 bits per heavy atom. The Hall–Kier alpha value is -2.20. The summed E-state index contributed by atoms with van der Waals surface area (Å²) < 4.78 is 11.0. The molecule has 4 heteroatoms. The lowest BCUT2D eigenvalue weighted by atomic mass is 9.88. The van der Waals surface area contributed by atoms with Gasteiger partial charge in [-0.3, -0.25) is 0 Å². The van der Waals surface area contributed by atoms with Crippen LogP contribution in [-0.2, 0) is 6.42 Å². The molecule has 0 amide bonds. The van der Waals surface area contributed by atoms with Crippen molar-refractivity contribution in [1.29, 1.82) is 0 Å². The first-order valence-corrected chi connectivity index (χ1v) is 7.90. The summed E-state index contributed by atoms with van der Waals surface area (Å²) in [6, 6.07) is 12.9. The van der Waals surface area contributed by atoms with Crippen molar-refractivity contribution in [3.63, 3.8) is 0 Å². The molecule has 0 saturated heterocycles. The van der Waals surface area contributed by atoms with E-state index in [1.54, 1.807) is 14.2 Å². The Morgan fingerprint density at radius 1 is 1.00 bits per heavy atom. The molecule has 4 nitrogen and oxygen atoms in total. The van der Waals surface area contributed by atoms with Crippen molar-refractivity contribution in [3.05, 3.63) is 53.1 Å². The average molecular weight is 312 g/mol. The lowest BCUT2D eigenvalue weighted by molar-refractivity contribution is 0.353. The van der Waals surface area contributed by atoms with Gasteiger partial charge >= 0.3 is 0 Å². The highest BCUT2D eigenvalue weighted by atomic mass is 16.5. The maximum absolute atomic E-state index is 5.50. The van der Waals surface area contributed by atoms with Gasteiger partial charge in [-0.05, 0) is 41.3 Å². The molecule has 1 aliphatic heterocycles. The van der Waals surface area contributed by atoms with Gasteiger partial charge in [0, 0.05) is 26.3 Å². The second-order valence-electron chi connectivity index (χ2n) is 6.00. The second-order valence-corrected chi connectivity index (χ2v) is 6.00. The molecule has 1 N–H and O–H groups in total. The van der Waals surface area contributed by atoms with Gasteiger partial charge in [-0.1, -0.05) is 18.2 Å². The summed E-state index contributed by atoms with van der Waals surface area (Å²) in [7, 11) is 7.53. The molecule has 0 aliphatic carbocycles. The number of para-hydroxylation sites is 1. The van der Waals surface area contributed by atoms with Crippen molar-refractivity contribution in [1.82, 2.24) is 5.32 Å². The van der Waals surface area contributed by atoms with E-state index in [9.17, 15) is 0 Å². The fourth-order valence-electron chi connectivity index (χ4n) is 3.30. The molecule has 1 heterocycles. The quantitative estimate of drug-likeness (QED) is 0.941. The van der Waals surface area contributed by atoms with Crippen LogP contribution in [0.4, 0.5) is 5.69 Å². The van der Waals surface area contributed by atoms with Gasteiger partial charge in [0.15, 0.2) is 11.5 Å². The third-order valence-corrected chi connectivity index (χ3v) is 4.43. The number of fused-ring (bicyclic) bond motifs is 1. The lowest BCUT2D eigenvalue weighted by Crippen LogP contribution is -2.31. The van der Waals surface area contributed by atoms with Crippen LogP contribution in [0.3, 0.4) is 0 Å².